The molecular formula is C22H20FN3O4. The van der Waals surface area contributed by atoms with E-state index in [0.29, 0.717) is 43.4 Å². The van der Waals surface area contributed by atoms with Crippen LogP contribution in [0.1, 0.15) is 21.7 Å². The van der Waals surface area contributed by atoms with Gasteiger partial charge in [0, 0.05) is 18.3 Å². The van der Waals surface area contributed by atoms with Gasteiger partial charge in [0.2, 0.25) is 5.43 Å². The van der Waals surface area contributed by atoms with Gasteiger partial charge in [0.15, 0.2) is 17.2 Å². The molecule has 7 nitrogen and oxygen atoms in total. The molecule has 1 N–H and O–H groups in total. The number of benzene rings is 2. The number of carbonyl (C=O) groups is 1. The normalized spacial score (nSPS) is 12.5. The van der Waals surface area contributed by atoms with Crippen LogP contribution in [-0.4, -0.2) is 35.4 Å². The van der Waals surface area contributed by atoms with Crippen molar-refractivity contribution in [1.29, 1.82) is 0 Å². The first-order chi connectivity index (χ1) is 14.5. The molecule has 30 heavy (non-hydrogen) atoms. The molecule has 0 fully saturated rings. The van der Waals surface area contributed by atoms with Gasteiger partial charge in [0.1, 0.15) is 24.7 Å². The highest BCUT2D eigenvalue weighted by atomic mass is 19.1. The average molecular weight is 409 g/mol. The molecule has 0 radical (unpaired) electrons. The smallest absolute Gasteiger partial charge is 0.275 e. The van der Waals surface area contributed by atoms with Gasteiger partial charge in [-0.3, -0.25) is 9.59 Å². The average Bonchev–Trinajstić information content (AvgIpc) is 2.74. The fourth-order valence-electron chi connectivity index (χ4n) is 3.22. The van der Waals surface area contributed by atoms with Crippen molar-refractivity contribution in [2.24, 2.45) is 0 Å². The molecule has 2 aromatic carbocycles. The van der Waals surface area contributed by atoms with Crippen LogP contribution in [0.3, 0.4) is 0 Å². The second-order valence-electron chi connectivity index (χ2n) is 6.85. The fourth-order valence-corrected chi connectivity index (χ4v) is 3.22. The van der Waals surface area contributed by atoms with Crippen molar-refractivity contribution in [3.8, 4) is 17.2 Å². The molecule has 0 spiro atoms. The lowest BCUT2D eigenvalue weighted by atomic mass is 10.1. The van der Waals surface area contributed by atoms with Crippen molar-refractivity contribution in [2.75, 3.05) is 19.8 Å². The van der Waals surface area contributed by atoms with Crippen LogP contribution >= 0.6 is 0 Å². The monoisotopic (exact) mass is 409 g/mol. The van der Waals surface area contributed by atoms with Crippen LogP contribution in [0.5, 0.6) is 11.5 Å². The number of hydrogen-bond donors (Lipinski definition) is 1. The molecule has 0 saturated heterocycles. The van der Waals surface area contributed by atoms with E-state index >= 15 is 0 Å². The Hall–Kier alpha value is -3.68. The quantitative estimate of drug-likeness (QED) is 0.700. The van der Waals surface area contributed by atoms with Crippen LogP contribution in [0, 0.1) is 12.7 Å². The van der Waals surface area contributed by atoms with Crippen molar-refractivity contribution in [3.63, 3.8) is 0 Å². The summed E-state index contributed by atoms with van der Waals surface area (Å²) < 4.78 is 26.4. The lowest BCUT2D eigenvalue weighted by Gasteiger charge is -2.18. The summed E-state index contributed by atoms with van der Waals surface area (Å²) in [4.78, 5) is 24.8. The van der Waals surface area contributed by atoms with Gasteiger partial charge in [-0.1, -0.05) is 18.2 Å². The Morgan fingerprint density at radius 1 is 1.13 bits per heavy atom. The molecule has 1 aliphatic rings. The van der Waals surface area contributed by atoms with Gasteiger partial charge in [0.05, 0.1) is 0 Å². The topological polar surface area (TPSA) is 82.5 Å². The molecule has 1 aliphatic heterocycles. The van der Waals surface area contributed by atoms with Crippen molar-refractivity contribution in [1.82, 2.24) is 15.1 Å². The van der Waals surface area contributed by atoms with E-state index < -0.39 is 17.2 Å². The zero-order valence-corrected chi connectivity index (χ0v) is 16.4. The maximum Gasteiger partial charge on any atom is 0.275 e. The minimum atomic E-state index is -0.609. The van der Waals surface area contributed by atoms with Crippen molar-refractivity contribution in [3.05, 3.63) is 81.5 Å². The second-order valence-corrected chi connectivity index (χ2v) is 6.85. The van der Waals surface area contributed by atoms with E-state index in [-0.39, 0.29) is 11.4 Å². The summed E-state index contributed by atoms with van der Waals surface area (Å²) in [7, 11) is 0. The van der Waals surface area contributed by atoms with Crippen LogP contribution in [0.15, 0.2) is 53.3 Å². The lowest BCUT2D eigenvalue weighted by Crippen LogP contribution is -2.33. The summed E-state index contributed by atoms with van der Waals surface area (Å²) in [5, 5.41) is 6.80. The van der Waals surface area contributed by atoms with Gasteiger partial charge in [-0.2, -0.15) is 5.10 Å². The molecule has 0 saturated carbocycles. The fraction of sp³-hybridized carbons (Fsp3) is 0.227. The minimum Gasteiger partial charge on any atom is -0.486 e. The van der Waals surface area contributed by atoms with Gasteiger partial charge in [0.25, 0.3) is 5.91 Å². The maximum absolute atomic E-state index is 14.1. The van der Waals surface area contributed by atoms with E-state index in [2.05, 4.69) is 10.4 Å². The zero-order chi connectivity index (χ0) is 21.1. The number of ether oxygens (including phenoxy) is 2. The van der Waals surface area contributed by atoms with Gasteiger partial charge in [-0.15, -0.1) is 0 Å². The van der Waals surface area contributed by atoms with Gasteiger partial charge < -0.3 is 14.8 Å². The third-order valence-corrected chi connectivity index (χ3v) is 4.71. The largest absolute Gasteiger partial charge is 0.486 e. The summed E-state index contributed by atoms with van der Waals surface area (Å²) >= 11 is 0. The van der Waals surface area contributed by atoms with Crippen LogP contribution in [0.2, 0.25) is 0 Å². The molecule has 154 valence electrons. The summed E-state index contributed by atoms with van der Waals surface area (Å²) in [6, 6.07) is 12.9. The molecule has 0 aliphatic carbocycles. The molecule has 0 bridgehead atoms. The molecule has 2 heterocycles. The minimum absolute atomic E-state index is 0.167. The first-order valence-electron chi connectivity index (χ1n) is 9.55. The molecule has 0 atom stereocenters. The standard InChI is InChI=1S/C22H20FN3O4/c1-14-12-18(27)21(25-26(14)17-5-3-2-4-16(17)23)22(28)24-9-8-15-6-7-19-20(13-15)30-11-10-29-19/h2-7,12-13H,8-11H2,1H3,(H,24,28). The lowest BCUT2D eigenvalue weighted by molar-refractivity contribution is 0.0946. The SMILES string of the molecule is Cc1cc(=O)c(C(=O)NCCc2ccc3c(c2)OCCO3)nn1-c1ccccc1F. The number of fused-ring (bicyclic) bond motifs is 1. The summed E-state index contributed by atoms with van der Waals surface area (Å²) in [6.07, 6.45) is 0.537. The Kier molecular flexibility index (Phi) is 5.47. The van der Waals surface area contributed by atoms with Crippen molar-refractivity contribution < 1.29 is 18.7 Å². The molecule has 3 aromatic rings. The van der Waals surface area contributed by atoms with E-state index in [4.69, 9.17) is 9.47 Å². The van der Waals surface area contributed by atoms with Crippen LogP contribution in [-0.2, 0) is 6.42 Å². The maximum atomic E-state index is 14.1. The molecular weight excluding hydrogens is 389 g/mol. The number of rotatable bonds is 5. The molecule has 8 heteroatoms. The van der Waals surface area contributed by atoms with Crippen LogP contribution in [0.25, 0.3) is 5.69 Å². The number of nitrogens with one attached hydrogen (secondary N) is 1. The molecule has 4 rings (SSSR count). The third-order valence-electron chi connectivity index (χ3n) is 4.71. The third kappa shape index (κ3) is 4.03. The van der Waals surface area contributed by atoms with E-state index in [9.17, 15) is 14.0 Å². The number of halogens is 1. The number of para-hydroxylation sites is 1. The molecule has 1 aromatic heterocycles. The number of aryl methyl sites for hydroxylation is 1. The molecule has 1 amide bonds. The highest BCUT2D eigenvalue weighted by Gasteiger charge is 2.17. The van der Waals surface area contributed by atoms with Crippen molar-refractivity contribution >= 4 is 5.91 Å². The van der Waals surface area contributed by atoms with Gasteiger partial charge >= 0.3 is 0 Å². The van der Waals surface area contributed by atoms with Crippen LogP contribution in [0.4, 0.5) is 4.39 Å². The Morgan fingerprint density at radius 2 is 1.90 bits per heavy atom. The number of nitrogens with zero attached hydrogens (tertiary/aromatic N) is 2. The van der Waals surface area contributed by atoms with Crippen LogP contribution < -0.4 is 20.2 Å². The number of aromatic nitrogens is 2. The highest BCUT2D eigenvalue weighted by molar-refractivity contribution is 5.92. The van der Waals surface area contributed by atoms with Gasteiger partial charge in [-0.25, -0.2) is 9.07 Å². The second kappa shape index (κ2) is 8.36. The first-order valence-corrected chi connectivity index (χ1v) is 9.55. The number of carbonyl (C=O) groups excluding carboxylic acids is 1. The predicted molar refractivity (Wildman–Crippen MR) is 108 cm³/mol. The van der Waals surface area contributed by atoms with E-state index in [1.807, 2.05) is 18.2 Å². The number of amides is 1. The summed E-state index contributed by atoms with van der Waals surface area (Å²) in [6.45, 7) is 2.95. The van der Waals surface area contributed by atoms with E-state index in [1.54, 1.807) is 19.1 Å². The number of hydrogen-bond acceptors (Lipinski definition) is 5. The Morgan fingerprint density at radius 3 is 2.70 bits per heavy atom. The Labute approximate surface area is 172 Å². The summed E-state index contributed by atoms with van der Waals surface area (Å²) in [5.74, 6) is 0.272. The van der Waals surface area contributed by atoms with E-state index in [0.717, 1.165) is 5.56 Å². The first kappa shape index (κ1) is 19.6. The van der Waals surface area contributed by atoms with Gasteiger partial charge in [-0.05, 0) is 43.2 Å². The zero-order valence-electron chi connectivity index (χ0n) is 16.4. The summed E-state index contributed by atoms with van der Waals surface area (Å²) in [5.41, 5.74) is 0.751. The predicted octanol–water partition coefficient (Wildman–Crippen LogP) is 2.42. The molecule has 0 unspecified atom stereocenters. The Bertz CT molecular complexity index is 1160. The van der Waals surface area contributed by atoms with E-state index in [1.165, 1.54) is 22.9 Å². The highest BCUT2D eigenvalue weighted by Crippen LogP contribution is 2.30. The van der Waals surface area contributed by atoms with Crippen molar-refractivity contribution in [2.45, 2.75) is 13.3 Å². The Balaban J connectivity index is 1.48.